The lowest BCUT2D eigenvalue weighted by atomic mass is 10.3. The standard InChI is InChI=1S/C14H8ClF3N4OS2/c1-6-20-9(14(16,17)18)8(24-6)11(23)22-13-10(15)21-12(25-13)7-3-2-4-19-5-7/h2-5H,1H3,(H,22,23). The van der Waals surface area contributed by atoms with Gasteiger partial charge >= 0.3 is 6.18 Å². The molecule has 0 aliphatic carbocycles. The minimum Gasteiger partial charge on any atom is -0.310 e. The zero-order valence-corrected chi connectivity index (χ0v) is 14.8. The van der Waals surface area contributed by atoms with Crippen LogP contribution in [0, 0.1) is 6.92 Å². The van der Waals surface area contributed by atoms with Crippen molar-refractivity contribution in [2.45, 2.75) is 13.1 Å². The van der Waals surface area contributed by atoms with Gasteiger partial charge in [0.25, 0.3) is 5.91 Å². The average Bonchev–Trinajstić information content (AvgIpc) is 3.12. The summed E-state index contributed by atoms with van der Waals surface area (Å²) in [7, 11) is 0. The summed E-state index contributed by atoms with van der Waals surface area (Å²) in [6.07, 6.45) is -1.56. The number of nitrogens with zero attached hydrogens (tertiary/aromatic N) is 3. The molecule has 3 aromatic heterocycles. The summed E-state index contributed by atoms with van der Waals surface area (Å²) in [4.78, 5) is 23.2. The molecule has 0 radical (unpaired) electrons. The van der Waals surface area contributed by atoms with Crippen LogP contribution in [0.1, 0.15) is 20.4 Å². The van der Waals surface area contributed by atoms with Gasteiger partial charge in [-0.1, -0.05) is 22.9 Å². The minimum absolute atomic E-state index is 0.00741. The van der Waals surface area contributed by atoms with Gasteiger partial charge in [0.15, 0.2) is 10.8 Å². The van der Waals surface area contributed by atoms with E-state index in [4.69, 9.17) is 11.6 Å². The van der Waals surface area contributed by atoms with Crippen LogP contribution in [0.5, 0.6) is 0 Å². The molecule has 0 fully saturated rings. The van der Waals surface area contributed by atoms with Gasteiger partial charge in [-0.15, -0.1) is 11.3 Å². The third-order valence-electron chi connectivity index (χ3n) is 2.93. The van der Waals surface area contributed by atoms with Crippen molar-refractivity contribution in [1.82, 2.24) is 15.0 Å². The minimum atomic E-state index is -4.71. The van der Waals surface area contributed by atoms with Gasteiger partial charge in [0.1, 0.15) is 14.9 Å². The quantitative estimate of drug-likeness (QED) is 0.674. The second-order valence-electron chi connectivity index (χ2n) is 4.74. The highest BCUT2D eigenvalue weighted by Gasteiger charge is 2.39. The van der Waals surface area contributed by atoms with E-state index >= 15 is 0 Å². The molecule has 3 heterocycles. The Hall–Kier alpha value is -2.04. The van der Waals surface area contributed by atoms with E-state index < -0.39 is 22.7 Å². The Morgan fingerprint density at radius 2 is 2.04 bits per heavy atom. The molecule has 3 rings (SSSR count). The molecule has 1 N–H and O–H groups in total. The lowest BCUT2D eigenvalue weighted by molar-refractivity contribution is -0.141. The predicted molar refractivity (Wildman–Crippen MR) is 90.2 cm³/mol. The highest BCUT2D eigenvalue weighted by molar-refractivity contribution is 7.20. The molecule has 1 amide bonds. The number of halogens is 4. The number of carbonyl (C=O) groups excluding carboxylic acids is 1. The highest BCUT2D eigenvalue weighted by Crippen LogP contribution is 2.37. The number of aryl methyl sites for hydroxylation is 1. The maximum absolute atomic E-state index is 13.0. The molecule has 0 aliphatic heterocycles. The fraction of sp³-hybridized carbons (Fsp3) is 0.143. The van der Waals surface area contributed by atoms with E-state index in [9.17, 15) is 18.0 Å². The van der Waals surface area contributed by atoms with Gasteiger partial charge in [-0.05, 0) is 19.1 Å². The van der Waals surface area contributed by atoms with Gasteiger partial charge in [-0.25, -0.2) is 9.97 Å². The summed E-state index contributed by atoms with van der Waals surface area (Å²) in [6.45, 7) is 1.40. The van der Waals surface area contributed by atoms with Crippen LogP contribution in [-0.2, 0) is 6.18 Å². The van der Waals surface area contributed by atoms with E-state index in [1.54, 1.807) is 24.5 Å². The van der Waals surface area contributed by atoms with E-state index in [0.717, 1.165) is 11.3 Å². The predicted octanol–water partition coefficient (Wildman–Crippen LogP) is 4.89. The van der Waals surface area contributed by atoms with E-state index in [-0.39, 0.29) is 15.2 Å². The van der Waals surface area contributed by atoms with Crippen LogP contribution in [0.25, 0.3) is 10.6 Å². The molecule has 0 unspecified atom stereocenters. The average molecular weight is 405 g/mol. The number of nitrogens with one attached hydrogen (secondary N) is 1. The first kappa shape index (κ1) is 17.8. The van der Waals surface area contributed by atoms with Crippen molar-refractivity contribution in [3.05, 3.63) is 45.3 Å². The first-order chi connectivity index (χ1) is 11.8. The molecule has 5 nitrogen and oxygen atoms in total. The summed E-state index contributed by atoms with van der Waals surface area (Å²) >= 11 is 7.70. The van der Waals surface area contributed by atoms with Crippen LogP contribution in [0.3, 0.4) is 0 Å². The molecule has 11 heteroatoms. The number of amides is 1. The van der Waals surface area contributed by atoms with Crippen LogP contribution in [-0.4, -0.2) is 20.9 Å². The number of carbonyl (C=O) groups is 1. The van der Waals surface area contributed by atoms with Gasteiger partial charge in [0.05, 0.1) is 5.01 Å². The Bertz CT molecular complexity index is 924. The van der Waals surface area contributed by atoms with Gasteiger partial charge in [0.2, 0.25) is 0 Å². The van der Waals surface area contributed by atoms with Gasteiger partial charge in [0, 0.05) is 18.0 Å². The summed E-state index contributed by atoms with van der Waals surface area (Å²) in [5.74, 6) is -0.929. The molecule has 0 aliphatic rings. The van der Waals surface area contributed by atoms with Gasteiger partial charge in [-0.2, -0.15) is 13.2 Å². The molecule has 25 heavy (non-hydrogen) atoms. The monoisotopic (exact) mass is 404 g/mol. The smallest absolute Gasteiger partial charge is 0.310 e. The number of alkyl halides is 3. The van der Waals surface area contributed by atoms with Crippen LogP contribution in [0.4, 0.5) is 18.2 Å². The molecule has 0 spiro atoms. The van der Waals surface area contributed by atoms with Crippen molar-refractivity contribution < 1.29 is 18.0 Å². The number of thiazole rings is 2. The second kappa shape index (κ2) is 6.70. The largest absolute Gasteiger partial charge is 0.435 e. The Morgan fingerprint density at radius 3 is 2.68 bits per heavy atom. The number of rotatable bonds is 3. The molecule has 0 saturated heterocycles. The van der Waals surface area contributed by atoms with Crippen molar-refractivity contribution in [3.8, 4) is 10.6 Å². The SMILES string of the molecule is Cc1nc(C(F)(F)F)c(C(=O)Nc2sc(-c3cccnc3)nc2Cl)s1. The molecule has 130 valence electrons. The van der Waals surface area contributed by atoms with E-state index in [1.807, 2.05) is 0 Å². The zero-order chi connectivity index (χ0) is 18.2. The summed E-state index contributed by atoms with van der Waals surface area (Å²) in [6, 6.07) is 3.46. The molecule has 0 aromatic carbocycles. The molecular weight excluding hydrogens is 397 g/mol. The number of aromatic nitrogens is 3. The van der Waals surface area contributed by atoms with E-state index in [0.29, 0.717) is 21.9 Å². The number of hydrogen-bond donors (Lipinski definition) is 1. The van der Waals surface area contributed by atoms with Crippen LogP contribution < -0.4 is 5.32 Å². The normalized spacial score (nSPS) is 11.6. The first-order valence-electron chi connectivity index (χ1n) is 6.68. The summed E-state index contributed by atoms with van der Waals surface area (Å²) in [5.41, 5.74) is -0.528. The Balaban J connectivity index is 1.89. The maximum Gasteiger partial charge on any atom is 0.435 e. The third-order valence-corrected chi connectivity index (χ3v) is 5.31. The van der Waals surface area contributed by atoms with Crippen molar-refractivity contribution in [1.29, 1.82) is 0 Å². The maximum atomic E-state index is 13.0. The number of anilines is 1. The second-order valence-corrected chi connectivity index (χ2v) is 7.30. The van der Waals surface area contributed by atoms with Crippen molar-refractivity contribution in [3.63, 3.8) is 0 Å². The van der Waals surface area contributed by atoms with Crippen molar-refractivity contribution >= 4 is 45.2 Å². The molecule has 3 aromatic rings. The fourth-order valence-electron chi connectivity index (χ4n) is 1.92. The Morgan fingerprint density at radius 1 is 1.28 bits per heavy atom. The fourth-order valence-corrected chi connectivity index (χ4v) is 3.90. The third kappa shape index (κ3) is 3.80. The van der Waals surface area contributed by atoms with Crippen LogP contribution in [0.15, 0.2) is 24.5 Å². The van der Waals surface area contributed by atoms with Gasteiger partial charge in [-0.3, -0.25) is 9.78 Å². The zero-order valence-electron chi connectivity index (χ0n) is 12.4. The van der Waals surface area contributed by atoms with Crippen LogP contribution in [0.2, 0.25) is 5.15 Å². The van der Waals surface area contributed by atoms with Crippen molar-refractivity contribution in [2.75, 3.05) is 5.32 Å². The summed E-state index contributed by atoms with van der Waals surface area (Å²) < 4.78 is 39.0. The van der Waals surface area contributed by atoms with E-state index in [1.165, 1.54) is 6.92 Å². The van der Waals surface area contributed by atoms with Gasteiger partial charge < -0.3 is 5.32 Å². The number of hydrogen-bond acceptors (Lipinski definition) is 6. The molecular formula is C14H8ClF3N4OS2. The molecule has 0 saturated carbocycles. The molecule has 0 atom stereocenters. The Labute approximate surface area is 152 Å². The molecule has 0 bridgehead atoms. The van der Waals surface area contributed by atoms with Crippen molar-refractivity contribution in [2.24, 2.45) is 0 Å². The Kier molecular flexibility index (Phi) is 4.76. The van der Waals surface area contributed by atoms with E-state index in [2.05, 4.69) is 20.3 Å². The lowest BCUT2D eigenvalue weighted by Gasteiger charge is -2.06. The highest BCUT2D eigenvalue weighted by atomic mass is 35.5. The summed E-state index contributed by atoms with van der Waals surface area (Å²) in [5, 5.41) is 3.16. The lowest BCUT2D eigenvalue weighted by Crippen LogP contribution is -2.16. The van der Waals surface area contributed by atoms with Crippen LogP contribution >= 0.6 is 34.3 Å². The first-order valence-corrected chi connectivity index (χ1v) is 8.69. The number of pyridine rings is 1. The topological polar surface area (TPSA) is 67.8 Å².